The van der Waals surface area contributed by atoms with E-state index in [0.717, 1.165) is 41.8 Å². The van der Waals surface area contributed by atoms with Crippen molar-refractivity contribution in [2.45, 2.75) is 116 Å². The standard InChI is InChI=1S/C33H49NO2/c1-20(2)9-8-10-21(3)24-13-14-25-29-26(16-17-31(24,25)4)32(5)18-15-22(35)19-33(32,36)30-28(29)23-11-6-7-12-27(23)34-30/h6-7,11-12,20-22,24-26,29,34-36H,8-10,13-19H2,1-5H3/t21-,22+,24-,25+,26+,29+,31-,32-,33+/m1/s1. The second-order valence-electron chi connectivity index (χ2n) is 14.4. The fraction of sp³-hybridized carbons (Fsp3) is 0.758. The predicted molar refractivity (Wildman–Crippen MR) is 148 cm³/mol. The molecule has 0 radical (unpaired) electrons. The Kier molecular flexibility index (Phi) is 5.97. The van der Waals surface area contributed by atoms with E-state index in [1.165, 1.54) is 55.9 Å². The maximum atomic E-state index is 12.5. The van der Waals surface area contributed by atoms with Crippen LogP contribution in [0, 0.1) is 40.4 Å². The molecule has 3 saturated carbocycles. The van der Waals surface area contributed by atoms with Crippen LogP contribution in [0.2, 0.25) is 0 Å². The number of rotatable bonds is 5. The average molecular weight is 492 g/mol. The van der Waals surface area contributed by atoms with E-state index < -0.39 is 11.7 Å². The zero-order valence-electron chi connectivity index (χ0n) is 23.3. The van der Waals surface area contributed by atoms with Gasteiger partial charge in [-0.3, -0.25) is 0 Å². The maximum absolute atomic E-state index is 12.5. The number of para-hydroxylation sites is 1. The number of hydrogen-bond donors (Lipinski definition) is 3. The van der Waals surface area contributed by atoms with Crippen molar-refractivity contribution in [3.8, 4) is 0 Å². The van der Waals surface area contributed by atoms with Crippen LogP contribution in [0.1, 0.15) is 116 Å². The van der Waals surface area contributed by atoms with Crippen LogP contribution < -0.4 is 0 Å². The van der Waals surface area contributed by atoms with Crippen LogP contribution in [0.15, 0.2) is 24.3 Å². The van der Waals surface area contributed by atoms with Gasteiger partial charge in [-0.1, -0.05) is 72.1 Å². The number of aromatic nitrogens is 1. The normalized spacial score (nSPS) is 42.6. The maximum Gasteiger partial charge on any atom is 0.113 e. The number of benzene rings is 1. The summed E-state index contributed by atoms with van der Waals surface area (Å²) < 4.78 is 0. The Balaban J connectivity index is 1.43. The zero-order chi connectivity index (χ0) is 25.5. The van der Waals surface area contributed by atoms with E-state index in [-0.39, 0.29) is 5.41 Å². The van der Waals surface area contributed by atoms with Crippen molar-refractivity contribution in [1.82, 2.24) is 4.98 Å². The highest BCUT2D eigenvalue weighted by Gasteiger charge is 2.67. The lowest BCUT2D eigenvalue weighted by Gasteiger charge is -2.63. The van der Waals surface area contributed by atoms with Crippen molar-refractivity contribution in [2.24, 2.45) is 40.4 Å². The first kappa shape index (κ1) is 25.0. The summed E-state index contributed by atoms with van der Waals surface area (Å²) in [7, 11) is 0. The molecule has 3 heteroatoms. The monoisotopic (exact) mass is 491 g/mol. The number of H-pyrrole nitrogens is 1. The first-order valence-electron chi connectivity index (χ1n) is 15.1. The Hall–Kier alpha value is -1.32. The minimum atomic E-state index is -0.976. The summed E-state index contributed by atoms with van der Waals surface area (Å²) in [4.78, 5) is 3.74. The van der Waals surface area contributed by atoms with Gasteiger partial charge in [0.05, 0.1) is 11.8 Å². The molecule has 4 aliphatic rings. The third-order valence-electron chi connectivity index (χ3n) is 12.3. The fourth-order valence-corrected chi connectivity index (χ4v) is 10.3. The first-order valence-corrected chi connectivity index (χ1v) is 15.1. The van der Waals surface area contributed by atoms with E-state index in [1.54, 1.807) is 0 Å². The summed E-state index contributed by atoms with van der Waals surface area (Å²) in [6.07, 6.45) is 11.1. The Morgan fingerprint density at radius 1 is 0.972 bits per heavy atom. The number of nitrogens with one attached hydrogen (secondary N) is 1. The molecule has 0 unspecified atom stereocenters. The van der Waals surface area contributed by atoms with Crippen LogP contribution in [0.3, 0.4) is 0 Å². The minimum absolute atomic E-state index is 0.187. The molecule has 2 aromatic rings. The van der Waals surface area contributed by atoms with Crippen molar-refractivity contribution < 1.29 is 10.2 Å². The van der Waals surface area contributed by atoms with Crippen LogP contribution in [0.25, 0.3) is 10.9 Å². The Morgan fingerprint density at radius 2 is 1.75 bits per heavy atom. The van der Waals surface area contributed by atoms with Crippen molar-refractivity contribution >= 4 is 10.9 Å². The lowest BCUT2D eigenvalue weighted by Crippen LogP contribution is -2.61. The summed E-state index contributed by atoms with van der Waals surface area (Å²) in [6.45, 7) is 12.3. The number of aliphatic hydroxyl groups excluding tert-OH is 1. The molecule has 1 aromatic carbocycles. The number of aromatic amines is 1. The van der Waals surface area contributed by atoms with Crippen molar-refractivity contribution in [1.29, 1.82) is 0 Å². The number of aliphatic hydroxyl groups is 2. The molecule has 3 fully saturated rings. The van der Waals surface area contributed by atoms with E-state index in [2.05, 4.69) is 63.9 Å². The lowest BCUT2D eigenvalue weighted by molar-refractivity contribution is -0.199. The molecule has 0 saturated heterocycles. The van der Waals surface area contributed by atoms with Crippen LogP contribution in [0.5, 0.6) is 0 Å². The van der Waals surface area contributed by atoms with E-state index in [4.69, 9.17) is 0 Å². The van der Waals surface area contributed by atoms with Crippen molar-refractivity contribution in [3.63, 3.8) is 0 Å². The highest BCUT2D eigenvalue weighted by Crippen LogP contribution is 2.72. The van der Waals surface area contributed by atoms with Gasteiger partial charge in [0.25, 0.3) is 0 Å². The minimum Gasteiger partial charge on any atom is -0.393 e. The summed E-state index contributed by atoms with van der Waals surface area (Å²) in [5, 5.41) is 24.6. The molecule has 1 aromatic heterocycles. The molecule has 3 N–H and O–H groups in total. The molecule has 0 bridgehead atoms. The van der Waals surface area contributed by atoms with Gasteiger partial charge in [-0.15, -0.1) is 0 Å². The predicted octanol–water partition coefficient (Wildman–Crippen LogP) is 7.91. The molecular formula is C33H49NO2. The number of fused-ring (bicyclic) bond motifs is 10. The van der Waals surface area contributed by atoms with Gasteiger partial charge < -0.3 is 15.2 Å². The second-order valence-corrected chi connectivity index (χ2v) is 14.4. The quantitative estimate of drug-likeness (QED) is 0.398. The zero-order valence-corrected chi connectivity index (χ0v) is 23.3. The molecule has 0 aliphatic heterocycles. The Morgan fingerprint density at radius 3 is 2.53 bits per heavy atom. The highest BCUT2D eigenvalue weighted by atomic mass is 16.3. The topological polar surface area (TPSA) is 56.2 Å². The van der Waals surface area contributed by atoms with Gasteiger partial charge in [-0.05, 0) is 91.1 Å². The van der Waals surface area contributed by atoms with E-state index in [1.807, 2.05) is 0 Å². The van der Waals surface area contributed by atoms with Crippen molar-refractivity contribution in [2.75, 3.05) is 0 Å². The average Bonchev–Trinajstić information content (AvgIpc) is 3.39. The largest absolute Gasteiger partial charge is 0.393 e. The van der Waals surface area contributed by atoms with Gasteiger partial charge in [0.2, 0.25) is 0 Å². The summed E-state index contributed by atoms with van der Waals surface area (Å²) in [5.41, 5.74) is 2.83. The van der Waals surface area contributed by atoms with Crippen LogP contribution in [-0.2, 0) is 5.60 Å². The summed E-state index contributed by atoms with van der Waals surface area (Å²) >= 11 is 0. The molecule has 0 amide bonds. The Labute approximate surface area is 218 Å². The molecule has 36 heavy (non-hydrogen) atoms. The van der Waals surface area contributed by atoms with Crippen molar-refractivity contribution in [3.05, 3.63) is 35.5 Å². The highest BCUT2D eigenvalue weighted by molar-refractivity contribution is 5.86. The smallest absolute Gasteiger partial charge is 0.113 e. The van der Waals surface area contributed by atoms with Gasteiger partial charge in [0, 0.05) is 22.7 Å². The van der Waals surface area contributed by atoms with E-state index in [0.29, 0.717) is 29.6 Å². The van der Waals surface area contributed by atoms with Gasteiger partial charge in [-0.25, -0.2) is 0 Å². The van der Waals surface area contributed by atoms with Crippen LogP contribution in [-0.4, -0.2) is 21.3 Å². The van der Waals surface area contributed by atoms with Gasteiger partial charge in [0.1, 0.15) is 5.60 Å². The molecule has 0 spiro atoms. The molecule has 198 valence electrons. The molecule has 9 atom stereocenters. The van der Waals surface area contributed by atoms with Crippen LogP contribution in [0.4, 0.5) is 0 Å². The van der Waals surface area contributed by atoms with Gasteiger partial charge >= 0.3 is 0 Å². The third kappa shape index (κ3) is 3.37. The SMILES string of the molecule is CC(C)CCC[C@@H](C)[C@H]1CC[C@H]2[C@@H]3c4c([nH]c5ccccc45)[C@@]4(O)C[C@@H](O)CC[C@]4(C)[C@H]3CC[C@]12C. The lowest BCUT2D eigenvalue weighted by atomic mass is 9.42. The number of hydrogen-bond acceptors (Lipinski definition) is 2. The van der Waals surface area contributed by atoms with Crippen LogP contribution >= 0.6 is 0 Å². The van der Waals surface area contributed by atoms with Gasteiger partial charge in [-0.2, -0.15) is 0 Å². The van der Waals surface area contributed by atoms with E-state index >= 15 is 0 Å². The summed E-state index contributed by atoms with van der Waals surface area (Å²) in [6, 6.07) is 8.73. The Bertz CT molecular complexity index is 1120. The molecular weight excluding hydrogens is 442 g/mol. The molecule has 4 aliphatic carbocycles. The van der Waals surface area contributed by atoms with E-state index in [9.17, 15) is 10.2 Å². The molecule has 3 nitrogen and oxygen atoms in total. The fourth-order valence-electron chi connectivity index (χ4n) is 10.3. The third-order valence-corrected chi connectivity index (χ3v) is 12.3. The molecule has 6 rings (SSSR count). The second kappa shape index (κ2) is 8.60. The summed E-state index contributed by atoms with van der Waals surface area (Å²) in [5.74, 6) is 4.07. The molecule has 1 heterocycles. The van der Waals surface area contributed by atoms with Gasteiger partial charge in [0.15, 0.2) is 0 Å². The first-order chi connectivity index (χ1) is 17.1.